The first kappa shape index (κ1) is 23.7. The summed E-state index contributed by atoms with van der Waals surface area (Å²) >= 11 is 7.38. The third-order valence-corrected chi connectivity index (χ3v) is 6.31. The Morgan fingerprint density at radius 1 is 1.06 bits per heavy atom. The quantitative estimate of drug-likeness (QED) is 0.296. The smallest absolute Gasteiger partial charge is 0.234 e. The van der Waals surface area contributed by atoms with Gasteiger partial charge in [-0.2, -0.15) is 0 Å². The Labute approximate surface area is 207 Å². The predicted octanol–water partition coefficient (Wildman–Crippen LogP) is 5.58. The second kappa shape index (κ2) is 11.1. The molecular weight excluding hydrogens is 470 g/mol. The number of anilines is 2. The van der Waals surface area contributed by atoms with Crippen LogP contribution in [0, 0.1) is 6.92 Å². The topological polar surface area (TPSA) is 81.1 Å². The van der Waals surface area contributed by atoms with Crippen LogP contribution in [0.1, 0.15) is 11.4 Å². The minimum atomic E-state index is -0.170. The molecule has 0 radical (unpaired) electrons. The number of nitrogens with one attached hydrogen (secondary N) is 2. The van der Waals surface area contributed by atoms with Crippen LogP contribution in [0.15, 0.2) is 78.0 Å². The molecule has 174 valence electrons. The minimum absolute atomic E-state index is 0.168. The number of nitrogens with zero attached hydrogens (tertiary/aromatic N) is 3. The number of thioether (sulfide) groups is 1. The zero-order chi connectivity index (χ0) is 23.9. The molecule has 0 saturated heterocycles. The third kappa shape index (κ3) is 5.70. The Bertz CT molecular complexity index is 1280. The molecule has 0 aliphatic heterocycles. The van der Waals surface area contributed by atoms with Gasteiger partial charge in [-0.3, -0.25) is 9.36 Å². The van der Waals surface area contributed by atoms with Crippen LogP contribution in [0.25, 0.3) is 5.69 Å². The van der Waals surface area contributed by atoms with E-state index in [9.17, 15) is 4.79 Å². The number of hydrogen-bond acceptors (Lipinski definition) is 6. The zero-order valence-corrected chi connectivity index (χ0v) is 20.4. The Morgan fingerprint density at radius 2 is 1.82 bits per heavy atom. The summed E-state index contributed by atoms with van der Waals surface area (Å²) < 4.78 is 7.18. The molecule has 0 atom stereocenters. The van der Waals surface area contributed by atoms with Gasteiger partial charge in [0, 0.05) is 23.1 Å². The largest absolute Gasteiger partial charge is 0.495 e. The van der Waals surface area contributed by atoms with Crippen LogP contribution >= 0.6 is 23.4 Å². The highest BCUT2D eigenvalue weighted by Gasteiger charge is 2.16. The second-order valence-corrected chi connectivity index (χ2v) is 8.77. The molecule has 34 heavy (non-hydrogen) atoms. The van der Waals surface area contributed by atoms with Gasteiger partial charge in [-0.05, 0) is 42.8 Å². The molecule has 4 rings (SSSR count). The molecule has 0 bridgehead atoms. The molecule has 7 nitrogen and oxygen atoms in total. The van der Waals surface area contributed by atoms with Crippen LogP contribution in [-0.2, 0) is 11.3 Å². The summed E-state index contributed by atoms with van der Waals surface area (Å²) in [5.41, 5.74) is 3.73. The van der Waals surface area contributed by atoms with Crippen molar-refractivity contribution in [2.24, 2.45) is 0 Å². The monoisotopic (exact) mass is 493 g/mol. The number of para-hydroxylation sites is 2. The molecule has 0 saturated carbocycles. The number of halogens is 1. The molecule has 1 aromatic heterocycles. The van der Waals surface area contributed by atoms with Gasteiger partial charge >= 0.3 is 0 Å². The molecule has 0 unspecified atom stereocenters. The number of aromatic nitrogens is 3. The third-order valence-electron chi connectivity index (χ3n) is 5.06. The standard InChI is InChI=1S/C25H24ClN5O2S/c1-17-8-6-7-11-21(17)27-15-23-29-30-25(31(23)19-9-4-3-5-10-19)34-16-24(32)28-18-12-13-20(26)22(14-18)33-2/h3-14,27H,15-16H2,1-2H3,(H,28,32). The number of ether oxygens (including phenoxy) is 1. The van der Waals surface area contributed by atoms with Crippen molar-refractivity contribution in [3.05, 3.63) is 89.2 Å². The summed E-state index contributed by atoms with van der Waals surface area (Å²) in [4.78, 5) is 12.6. The van der Waals surface area contributed by atoms with E-state index in [1.54, 1.807) is 18.2 Å². The van der Waals surface area contributed by atoms with Crippen molar-refractivity contribution in [2.45, 2.75) is 18.6 Å². The lowest BCUT2D eigenvalue weighted by Gasteiger charge is -2.12. The lowest BCUT2D eigenvalue weighted by molar-refractivity contribution is -0.113. The lowest BCUT2D eigenvalue weighted by atomic mass is 10.2. The van der Waals surface area contributed by atoms with E-state index >= 15 is 0 Å². The summed E-state index contributed by atoms with van der Waals surface area (Å²) in [7, 11) is 1.53. The maximum atomic E-state index is 12.6. The highest BCUT2D eigenvalue weighted by molar-refractivity contribution is 7.99. The van der Waals surface area contributed by atoms with E-state index < -0.39 is 0 Å². The fourth-order valence-electron chi connectivity index (χ4n) is 3.35. The summed E-state index contributed by atoms with van der Waals surface area (Å²) in [6, 6.07) is 23.1. The van der Waals surface area contributed by atoms with Gasteiger partial charge in [-0.1, -0.05) is 59.8 Å². The van der Waals surface area contributed by atoms with E-state index in [0.29, 0.717) is 28.2 Å². The molecule has 0 spiro atoms. The molecule has 0 aliphatic rings. The van der Waals surface area contributed by atoms with Crippen molar-refractivity contribution >= 4 is 40.6 Å². The molecule has 0 fully saturated rings. The van der Waals surface area contributed by atoms with Gasteiger partial charge < -0.3 is 15.4 Å². The number of benzene rings is 3. The summed E-state index contributed by atoms with van der Waals surface area (Å²) in [6.07, 6.45) is 0. The number of methoxy groups -OCH3 is 1. The van der Waals surface area contributed by atoms with Gasteiger partial charge in [0.15, 0.2) is 11.0 Å². The van der Waals surface area contributed by atoms with Crippen LogP contribution < -0.4 is 15.4 Å². The number of aryl methyl sites for hydroxylation is 1. The fraction of sp³-hybridized carbons (Fsp3) is 0.160. The van der Waals surface area contributed by atoms with Gasteiger partial charge in [0.05, 0.1) is 24.4 Å². The van der Waals surface area contributed by atoms with Gasteiger partial charge in [0.2, 0.25) is 5.91 Å². The van der Waals surface area contributed by atoms with E-state index in [-0.39, 0.29) is 11.7 Å². The number of hydrogen-bond donors (Lipinski definition) is 2. The molecular formula is C25H24ClN5O2S. The second-order valence-electron chi connectivity index (χ2n) is 7.42. The average molecular weight is 494 g/mol. The van der Waals surface area contributed by atoms with Crippen LogP contribution in [0.5, 0.6) is 5.75 Å². The van der Waals surface area contributed by atoms with Crippen molar-refractivity contribution < 1.29 is 9.53 Å². The summed E-state index contributed by atoms with van der Waals surface area (Å²) in [6.45, 7) is 2.55. The maximum Gasteiger partial charge on any atom is 0.234 e. The van der Waals surface area contributed by atoms with Crippen LogP contribution in [0.4, 0.5) is 11.4 Å². The predicted molar refractivity (Wildman–Crippen MR) is 137 cm³/mol. The lowest BCUT2D eigenvalue weighted by Crippen LogP contribution is -2.15. The minimum Gasteiger partial charge on any atom is -0.495 e. The molecule has 4 aromatic rings. The Balaban J connectivity index is 1.49. The molecule has 9 heteroatoms. The highest BCUT2D eigenvalue weighted by atomic mass is 35.5. The average Bonchev–Trinajstić information content (AvgIpc) is 3.26. The van der Waals surface area contributed by atoms with Crippen molar-refractivity contribution in [1.29, 1.82) is 0 Å². The molecule has 0 aliphatic carbocycles. The molecule has 3 aromatic carbocycles. The first-order valence-electron chi connectivity index (χ1n) is 10.6. The van der Waals surface area contributed by atoms with Crippen LogP contribution in [0.2, 0.25) is 5.02 Å². The number of carbonyl (C=O) groups excluding carboxylic acids is 1. The van der Waals surface area contributed by atoms with Gasteiger partial charge in [-0.25, -0.2) is 0 Å². The van der Waals surface area contributed by atoms with Crippen molar-refractivity contribution in [1.82, 2.24) is 14.8 Å². The Hall–Kier alpha value is -3.49. The fourth-order valence-corrected chi connectivity index (χ4v) is 4.32. The van der Waals surface area contributed by atoms with E-state index in [0.717, 1.165) is 22.8 Å². The summed E-state index contributed by atoms with van der Waals surface area (Å²) in [5, 5.41) is 16.2. The zero-order valence-electron chi connectivity index (χ0n) is 18.8. The molecule has 1 amide bonds. The Kier molecular flexibility index (Phi) is 7.72. The van der Waals surface area contributed by atoms with E-state index in [1.165, 1.54) is 18.9 Å². The molecule has 2 N–H and O–H groups in total. The van der Waals surface area contributed by atoms with E-state index in [1.807, 2.05) is 53.1 Å². The van der Waals surface area contributed by atoms with E-state index in [4.69, 9.17) is 16.3 Å². The highest BCUT2D eigenvalue weighted by Crippen LogP contribution is 2.28. The number of rotatable bonds is 9. The molecule has 1 heterocycles. The Morgan fingerprint density at radius 3 is 2.59 bits per heavy atom. The van der Waals surface area contributed by atoms with Crippen molar-refractivity contribution in [3.8, 4) is 11.4 Å². The van der Waals surface area contributed by atoms with Gasteiger partial charge in [0.25, 0.3) is 0 Å². The van der Waals surface area contributed by atoms with Crippen molar-refractivity contribution in [2.75, 3.05) is 23.5 Å². The first-order valence-corrected chi connectivity index (χ1v) is 12.0. The van der Waals surface area contributed by atoms with Crippen LogP contribution in [-0.4, -0.2) is 33.5 Å². The number of amides is 1. The normalized spacial score (nSPS) is 10.7. The number of carbonyl (C=O) groups is 1. The summed E-state index contributed by atoms with van der Waals surface area (Å²) in [5.74, 6) is 1.25. The SMILES string of the molecule is COc1cc(NC(=O)CSc2nnc(CNc3ccccc3C)n2-c2ccccc2)ccc1Cl. The van der Waals surface area contributed by atoms with Crippen LogP contribution in [0.3, 0.4) is 0 Å². The maximum absolute atomic E-state index is 12.6. The van der Waals surface area contributed by atoms with Gasteiger partial charge in [0.1, 0.15) is 5.75 Å². The van der Waals surface area contributed by atoms with E-state index in [2.05, 4.69) is 33.8 Å². The van der Waals surface area contributed by atoms with Gasteiger partial charge in [-0.15, -0.1) is 10.2 Å². The first-order chi connectivity index (χ1) is 16.5. The van der Waals surface area contributed by atoms with Crippen molar-refractivity contribution in [3.63, 3.8) is 0 Å².